The van der Waals surface area contributed by atoms with E-state index in [1.807, 2.05) is 0 Å². The van der Waals surface area contributed by atoms with Gasteiger partial charge in [-0.25, -0.2) is 4.98 Å². The Morgan fingerprint density at radius 1 is 1.37 bits per heavy atom. The second-order valence-electron chi connectivity index (χ2n) is 5.89. The number of amides is 2. The molecular formula is C18H19N3O5S. The van der Waals surface area contributed by atoms with E-state index in [0.717, 1.165) is 6.42 Å². The van der Waals surface area contributed by atoms with Crippen LogP contribution in [0.25, 0.3) is 0 Å². The van der Waals surface area contributed by atoms with Crippen LogP contribution in [0.5, 0.6) is 5.75 Å². The summed E-state index contributed by atoms with van der Waals surface area (Å²) in [7, 11) is 1.53. The van der Waals surface area contributed by atoms with Gasteiger partial charge in [-0.1, -0.05) is 6.07 Å². The highest BCUT2D eigenvalue weighted by atomic mass is 32.1. The minimum atomic E-state index is -0.555. The molecule has 1 aromatic carbocycles. The van der Waals surface area contributed by atoms with Crippen molar-refractivity contribution in [3.8, 4) is 5.75 Å². The second-order valence-corrected chi connectivity index (χ2v) is 6.72. The van der Waals surface area contributed by atoms with Crippen molar-refractivity contribution in [1.82, 2.24) is 4.98 Å². The molecule has 0 saturated carbocycles. The first-order valence-electron chi connectivity index (χ1n) is 8.39. The lowest BCUT2D eigenvalue weighted by molar-refractivity contribution is -0.146. The summed E-state index contributed by atoms with van der Waals surface area (Å²) in [6.45, 7) is 0.262. The molecule has 1 fully saturated rings. The van der Waals surface area contributed by atoms with E-state index in [-0.39, 0.29) is 12.3 Å². The van der Waals surface area contributed by atoms with Crippen LogP contribution in [0.3, 0.4) is 0 Å². The first-order chi connectivity index (χ1) is 13.0. The molecule has 1 saturated heterocycles. The molecule has 0 atom stereocenters. The maximum absolute atomic E-state index is 11.9. The largest absolute Gasteiger partial charge is 0.497 e. The Morgan fingerprint density at radius 3 is 2.96 bits per heavy atom. The number of aromatic nitrogens is 1. The molecule has 2 aromatic rings. The highest BCUT2D eigenvalue weighted by molar-refractivity contribution is 7.14. The van der Waals surface area contributed by atoms with Gasteiger partial charge in [-0.2, -0.15) is 0 Å². The van der Waals surface area contributed by atoms with Gasteiger partial charge in [-0.15, -0.1) is 11.3 Å². The minimum Gasteiger partial charge on any atom is -0.497 e. The molecule has 0 unspecified atom stereocenters. The molecule has 0 aliphatic carbocycles. The smallest absolute Gasteiger partial charge is 0.312 e. The molecule has 0 radical (unpaired) electrons. The van der Waals surface area contributed by atoms with Gasteiger partial charge in [-0.3, -0.25) is 19.3 Å². The van der Waals surface area contributed by atoms with E-state index in [0.29, 0.717) is 35.2 Å². The first-order valence-corrected chi connectivity index (χ1v) is 9.27. The summed E-state index contributed by atoms with van der Waals surface area (Å²) in [5.41, 5.74) is 1.07. The molecule has 142 valence electrons. The minimum absolute atomic E-state index is 0.0488. The third-order valence-electron chi connectivity index (χ3n) is 3.89. The van der Waals surface area contributed by atoms with Gasteiger partial charge in [0, 0.05) is 30.1 Å². The van der Waals surface area contributed by atoms with Crippen LogP contribution in [0.2, 0.25) is 0 Å². The van der Waals surface area contributed by atoms with Gasteiger partial charge in [0.15, 0.2) is 11.7 Å². The van der Waals surface area contributed by atoms with E-state index < -0.39 is 18.5 Å². The fourth-order valence-electron chi connectivity index (χ4n) is 2.59. The lowest BCUT2D eigenvalue weighted by atomic mass is 10.3. The van der Waals surface area contributed by atoms with Crippen LogP contribution >= 0.6 is 11.3 Å². The highest BCUT2D eigenvalue weighted by Crippen LogP contribution is 2.25. The number of nitrogens with one attached hydrogen (secondary N) is 1. The van der Waals surface area contributed by atoms with Gasteiger partial charge in [-0.05, 0) is 18.6 Å². The average molecular weight is 389 g/mol. The van der Waals surface area contributed by atoms with Crippen molar-refractivity contribution in [2.75, 3.05) is 30.5 Å². The summed E-state index contributed by atoms with van der Waals surface area (Å²) in [6, 6.07) is 6.87. The molecular weight excluding hydrogens is 370 g/mol. The van der Waals surface area contributed by atoms with Gasteiger partial charge in [0.05, 0.1) is 19.2 Å². The van der Waals surface area contributed by atoms with Crippen molar-refractivity contribution in [2.45, 2.75) is 19.3 Å². The zero-order valence-corrected chi connectivity index (χ0v) is 15.6. The summed E-state index contributed by atoms with van der Waals surface area (Å²) in [5.74, 6) is -0.341. The van der Waals surface area contributed by atoms with Crippen molar-refractivity contribution >= 4 is 39.9 Å². The quantitative estimate of drug-likeness (QED) is 0.728. The van der Waals surface area contributed by atoms with Gasteiger partial charge >= 0.3 is 5.97 Å². The summed E-state index contributed by atoms with van der Waals surface area (Å²) in [6.07, 6.45) is 1.29. The van der Waals surface area contributed by atoms with E-state index in [1.165, 1.54) is 18.4 Å². The predicted molar refractivity (Wildman–Crippen MR) is 100.0 cm³/mol. The summed E-state index contributed by atoms with van der Waals surface area (Å²) >= 11 is 1.32. The Morgan fingerprint density at radius 2 is 2.22 bits per heavy atom. The molecule has 0 bridgehead atoms. The summed E-state index contributed by atoms with van der Waals surface area (Å²) < 4.78 is 10.1. The van der Waals surface area contributed by atoms with E-state index in [4.69, 9.17) is 9.47 Å². The number of hydrogen-bond donors (Lipinski definition) is 1. The van der Waals surface area contributed by atoms with Crippen molar-refractivity contribution in [3.63, 3.8) is 0 Å². The van der Waals surface area contributed by atoms with Crippen molar-refractivity contribution in [1.29, 1.82) is 0 Å². The monoisotopic (exact) mass is 389 g/mol. The maximum atomic E-state index is 11.9. The Hall–Kier alpha value is -2.94. The fraction of sp³-hybridized carbons (Fsp3) is 0.333. The Bertz CT molecular complexity index is 851. The molecule has 8 nitrogen and oxygen atoms in total. The number of hydrogen-bond acceptors (Lipinski definition) is 7. The number of esters is 1. The van der Waals surface area contributed by atoms with Gasteiger partial charge in [0.25, 0.3) is 5.91 Å². The van der Waals surface area contributed by atoms with Crippen LogP contribution in [-0.2, 0) is 25.5 Å². The molecule has 1 aromatic heterocycles. The lowest BCUT2D eigenvalue weighted by Crippen LogP contribution is -2.23. The van der Waals surface area contributed by atoms with E-state index in [9.17, 15) is 14.4 Å². The fourth-order valence-corrected chi connectivity index (χ4v) is 3.46. The number of carbonyl (C=O) groups excluding carboxylic acids is 3. The van der Waals surface area contributed by atoms with Crippen molar-refractivity contribution < 1.29 is 23.9 Å². The molecule has 3 rings (SSSR count). The standard InChI is InChI=1S/C18H19N3O5S/c1-25-14-5-2-4-12(8-14)19-15(22)10-26-17(24)9-13-11-27-18(20-13)21-7-3-6-16(21)23/h2,4-5,8,11H,3,6-7,9-10H2,1H3,(H,19,22). The normalized spacial score (nSPS) is 13.5. The lowest BCUT2D eigenvalue weighted by Gasteiger charge is -2.10. The van der Waals surface area contributed by atoms with Gasteiger partial charge in [0.2, 0.25) is 5.91 Å². The van der Waals surface area contributed by atoms with Crippen molar-refractivity contribution in [2.24, 2.45) is 0 Å². The molecule has 9 heteroatoms. The van der Waals surface area contributed by atoms with E-state index in [1.54, 1.807) is 34.5 Å². The molecule has 2 amide bonds. The van der Waals surface area contributed by atoms with Crippen LogP contribution in [0, 0.1) is 0 Å². The number of rotatable bonds is 7. The number of anilines is 2. The van der Waals surface area contributed by atoms with Crippen LogP contribution in [0.4, 0.5) is 10.8 Å². The second kappa shape index (κ2) is 8.63. The van der Waals surface area contributed by atoms with E-state index >= 15 is 0 Å². The third kappa shape index (κ3) is 5.04. The molecule has 1 aliphatic rings. The number of nitrogens with zero attached hydrogens (tertiary/aromatic N) is 2. The predicted octanol–water partition coefficient (Wildman–Crippen LogP) is 2.00. The van der Waals surface area contributed by atoms with Crippen molar-refractivity contribution in [3.05, 3.63) is 35.3 Å². The number of benzene rings is 1. The number of methoxy groups -OCH3 is 1. The number of carbonyl (C=O) groups is 3. The number of ether oxygens (including phenoxy) is 2. The van der Waals surface area contributed by atoms with E-state index in [2.05, 4.69) is 10.3 Å². The first kappa shape index (κ1) is 18.8. The Balaban J connectivity index is 1.46. The SMILES string of the molecule is COc1cccc(NC(=O)COC(=O)Cc2csc(N3CCCC3=O)n2)c1. The average Bonchev–Trinajstić information content (AvgIpc) is 3.28. The van der Waals surface area contributed by atoms with Crippen LogP contribution in [-0.4, -0.2) is 43.0 Å². The molecule has 27 heavy (non-hydrogen) atoms. The third-order valence-corrected chi connectivity index (χ3v) is 4.80. The summed E-state index contributed by atoms with van der Waals surface area (Å²) in [4.78, 5) is 41.5. The molecule has 2 heterocycles. The molecule has 0 spiro atoms. The number of thiazole rings is 1. The maximum Gasteiger partial charge on any atom is 0.312 e. The highest BCUT2D eigenvalue weighted by Gasteiger charge is 2.24. The van der Waals surface area contributed by atoms with Gasteiger partial charge < -0.3 is 14.8 Å². The zero-order valence-electron chi connectivity index (χ0n) is 14.8. The Labute approximate surface area is 160 Å². The Kier molecular flexibility index (Phi) is 6.02. The van der Waals surface area contributed by atoms with Gasteiger partial charge in [0.1, 0.15) is 5.75 Å². The van der Waals surface area contributed by atoms with Crippen LogP contribution in [0.15, 0.2) is 29.6 Å². The topological polar surface area (TPSA) is 97.8 Å². The molecule has 1 aliphatic heterocycles. The zero-order chi connectivity index (χ0) is 19.2. The van der Waals surface area contributed by atoms with Crippen LogP contribution < -0.4 is 15.0 Å². The summed E-state index contributed by atoms with van der Waals surface area (Å²) in [5, 5.41) is 4.94. The molecule has 1 N–H and O–H groups in total. The van der Waals surface area contributed by atoms with Crippen LogP contribution in [0.1, 0.15) is 18.5 Å².